The number of ether oxygens (including phenoxy) is 8. The van der Waals surface area contributed by atoms with E-state index in [4.69, 9.17) is 37.9 Å². The fourth-order valence-corrected chi connectivity index (χ4v) is 27.7. The molecule has 2 aliphatic heterocycles. The third-order valence-electron chi connectivity index (χ3n) is 35.5. The molecule has 0 spiro atoms. The smallest absolute Gasteiger partial charge is 0.347 e. The average Bonchev–Trinajstić information content (AvgIpc) is 1.49. The maximum atomic E-state index is 12.7. The van der Waals surface area contributed by atoms with Crippen LogP contribution in [0.25, 0.3) is 0 Å². The van der Waals surface area contributed by atoms with Gasteiger partial charge in [0.15, 0.2) is 0 Å². The van der Waals surface area contributed by atoms with Gasteiger partial charge in [0, 0.05) is 68.6 Å². The number of rotatable bonds is 20. The predicted molar refractivity (Wildman–Crippen MR) is 462 cm³/mol. The van der Waals surface area contributed by atoms with Gasteiger partial charge in [-0.3, -0.25) is 33.6 Å². The van der Waals surface area contributed by atoms with Crippen molar-refractivity contribution in [2.24, 2.45) is 133 Å². The van der Waals surface area contributed by atoms with E-state index < -0.39 is 67.3 Å². The average molecular weight is 1690 g/mol. The monoisotopic (exact) mass is 1690 g/mol. The van der Waals surface area contributed by atoms with E-state index in [2.05, 4.69) is 27.7 Å². The molecule has 18 bridgehead atoms. The molecule has 4 N–H and O–H groups in total. The van der Waals surface area contributed by atoms with Crippen LogP contribution in [0, 0.1) is 133 Å². The molecule has 0 radical (unpaired) electrons. The Morgan fingerprint density at radius 2 is 0.700 bits per heavy atom. The zero-order valence-electron chi connectivity index (χ0n) is 74.9. The number of hydrogen-bond acceptors (Lipinski definition) is 20. The van der Waals surface area contributed by atoms with Gasteiger partial charge in [-0.1, -0.05) is 85.1 Å². The molecule has 688 valence electrons. The number of aliphatic hydroxyl groups is 4. The van der Waals surface area contributed by atoms with Crippen LogP contribution in [-0.2, 0) is 76.3 Å². The van der Waals surface area contributed by atoms with Crippen molar-refractivity contribution in [1.29, 1.82) is 0 Å². The van der Waals surface area contributed by atoms with Crippen LogP contribution >= 0.6 is 0 Å². The largest absolute Gasteiger partial charge is 0.463 e. The van der Waals surface area contributed by atoms with Gasteiger partial charge in [-0.25, -0.2) is 4.79 Å². The maximum Gasteiger partial charge on any atom is 0.347 e. The van der Waals surface area contributed by atoms with Crippen LogP contribution < -0.4 is 0 Å². The Bertz CT molecular complexity index is 3490. The zero-order valence-corrected chi connectivity index (χ0v) is 74.9. The Hall–Kier alpha value is -4.40. The summed E-state index contributed by atoms with van der Waals surface area (Å²) in [6.07, 6.45) is 29.1. The number of carbonyl (C=O) groups is 8. The predicted octanol–water partition coefficient (Wildman–Crippen LogP) is 19.7. The van der Waals surface area contributed by atoms with Gasteiger partial charge >= 0.3 is 47.8 Å². The summed E-state index contributed by atoms with van der Waals surface area (Å²) in [4.78, 5) is 96.6. The Labute approximate surface area is 723 Å². The number of fused-ring (bicyclic) bond motifs is 19. The molecule has 24 atom stereocenters. The van der Waals surface area contributed by atoms with Gasteiger partial charge in [-0.05, 0) is 321 Å². The van der Waals surface area contributed by atoms with E-state index in [0.29, 0.717) is 81.6 Å². The van der Waals surface area contributed by atoms with E-state index in [1.165, 1.54) is 51.4 Å². The number of carbonyl (C=O) groups excluding carboxylic acids is 8. The number of esters is 8. The van der Waals surface area contributed by atoms with Crippen molar-refractivity contribution in [3.05, 3.63) is 0 Å². The Balaban J connectivity index is 0.000000164. The van der Waals surface area contributed by atoms with E-state index in [1.54, 1.807) is 13.8 Å². The molecule has 20 rings (SSSR count). The standard InChI is InChI=1S/2C20H32O2.2C16H26O4.C14H20O4.C10H16O4.4CH4/c2*1-5-19(3,4)18(21)22-20(6-2)11-14-10-15(20)17-13-8-7-12(9-13)16(14)17;2*1-4-13(2,3)12(17)20-16-7-11-5-14(18,9-16)8-15(19,6-11)10-16;1-4-14(2,3)13(16)18-10-7-5-8-9(6-7)12(15)17-11(8)10;1-4-10(2,3)9(12)14-7-5-6-13-8(7)11;;;;/h2*12-17H,5-11H2,1-4H3;2*11,18-19H,4-10H2,1-3H3;7-11H,4-6H2,1-3H3;7H,4-6H2,1-3H3;4*1H4. The third-order valence-corrected chi connectivity index (χ3v) is 35.5. The first kappa shape index (κ1) is 99.4. The molecule has 120 heavy (non-hydrogen) atoms. The summed E-state index contributed by atoms with van der Waals surface area (Å²) in [7, 11) is 0. The SMILES string of the molecule is C.C.C.C.CCC(C)(C)C(=O)OC1(CC)CC2CC1C1C3CCC(C3)C21.CCC(C)(C)C(=O)OC1(CC)CC2CC1C1C3CCC(C3)C21.CCC(C)(C)C(=O)OC12CC3CC(O)(CC(O)(C3)C1)C2.CCC(C)(C)C(=O)OC12CC3CC(O)(CC(O)(C3)C1)C2.CCC(C)(C)C(=O)OC1C2CC3C(=O)OC1C3C2.CCC(C)(C)C(=O)OC1CCOC1=O. The van der Waals surface area contributed by atoms with Crippen molar-refractivity contribution in [3.8, 4) is 0 Å². The molecule has 0 aromatic heterocycles. The molecule has 24 unspecified atom stereocenters. The molecule has 2 saturated heterocycles. The molecule has 0 amide bonds. The van der Waals surface area contributed by atoms with Crippen LogP contribution in [-0.4, -0.2) is 138 Å². The minimum Gasteiger partial charge on any atom is -0.463 e. The Kier molecular flexibility index (Phi) is 29.0. The second-order valence-electron chi connectivity index (χ2n) is 45.8. The van der Waals surface area contributed by atoms with Crippen molar-refractivity contribution in [3.63, 3.8) is 0 Å². The van der Waals surface area contributed by atoms with Crippen molar-refractivity contribution in [2.45, 2.75) is 443 Å². The summed E-state index contributed by atoms with van der Waals surface area (Å²) in [6.45, 7) is 39.9. The number of cyclic esters (lactones) is 1. The van der Waals surface area contributed by atoms with Crippen LogP contribution in [0.5, 0.6) is 0 Å². The number of hydrogen-bond donors (Lipinski definition) is 4. The fourth-order valence-electron chi connectivity index (χ4n) is 27.7. The maximum absolute atomic E-state index is 12.7. The Morgan fingerprint density at radius 3 is 1.02 bits per heavy atom. The summed E-state index contributed by atoms with van der Waals surface area (Å²) in [5.74, 6) is 10.7. The highest BCUT2D eigenvalue weighted by atomic mass is 16.6. The summed E-state index contributed by atoms with van der Waals surface area (Å²) < 4.78 is 45.2. The molecule has 20 aliphatic rings. The molecule has 0 aromatic rings. The van der Waals surface area contributed by atoms with E-state index in [0.717, 1.165) is 168 Å². The lowest BCUT2D eigenvalue weighted by Crippen LogP contribution is -2.67. The van der Waals surface area contributed by atoms with Crippen molar-refractivity contribution < 1.29 is 96.7 Å². The van der Waals surface area contributed by atoms with E-state index in [9.17, 15) is 58.8 Å². The highest BCUT2D eigenvalue weighted by molar-refractivity contribution is 5.83. The minimum atomic E-state index is -0.842. The normalized spacial score (nSPS) is 42.1. The topological polar surface area (TPSA) is 291 Å². The van der Waals surface area contributed by atoms with Gasteiger partial charge < -0.3 is 58.3 Å². The van der Waals surface area contributed by atoms with Crippen LogP contribution in [0.2, 0.25) is 0 Å². The lowest BCUT2D eigenvalue weighted by Gasteiger charge is -2.62. The van der Waals surface area contributed by atoms with Crippen molar-refractivity contribution >= 4 is 47.8 Å². The minimum absolute atomic E-state index is 0. The molecule has 20 fully saturated rings. The van der Waals surface area contributed by atoms with Crippen LogP contribution in [0.3, 0.4) is 0 Å². The molecule has 18 aliphatic carbocycles. The van der Waals surface area contributed by atoms with E-state index in [1.807, 2.05) is 96.9 Å². The summed E-state index contributed by atoms with van der Waals surface area (Å²) in [6, 6.07) is 0. The Morgan fingerprint density at radius 1 is 0.367 bits per heavy atom. The fraction of sp³-hybridized carbons (Fsp3) is 0.920. The first-order valence-electron chi connectivity index (χ1n) is 46.6. The molecular weight excluding hydrogens is 1520 g/mol. The van der Waals surface area contributed by atoms with Gasteiger partial charge in [0.1, 0.15) is 34.6 Å². The van der Waals surface area contributed by atoms with Crippen molar-refractivity contribution in [1.82, 2.24) is 0 Å². The quantitative estimate of drug-likeness (QED) is 0.0500. The summed E-state index contributed by atoms with van der Waals surface area (Å²) in [5, 5.41) is 42.6. The molecule has 18 saturated carbocycles. The second kappa shape index (κ2) is 35.0. The van der Waals surface area contributed by atoms with Crippen LogP contribution in [0.4, 0.5) is 0 Å². The molecule has 0 aromatic carbocycles. The van der Waals surface area contributed by atoms with Gasteiger partial charge in [0.25, 0.3) is 0 Å². The highest BCUT2D eigenvalue weighted by Crippen LogP contribution is 2.73. The highest BCUT2D eigenvalue weighted by Gasteiger charge is 2.72. The third kappa shape index (κ3) is 18.4. The van der Waals surface area contributed by atoms with Crippen molar-refractivity contribution in [2.75, 3.05) is 6.61 Å². The van der Waals surface area contributed by atoms with E-state index >= 15 is 0 Å². The first-order valence-corrected chi connectivity index (χ1v) is 46.6. The van der Waals surface area contributed by atoms with E-state index in [-0.39, 0.29) is 123 Å². The second-order valence-corrected chi connectivity index (χ2v) is 45.8. The lowest BCUT2D eigenvalue weighted by molar-refractivity contribution is -0.265. The molecular formula is C100H168O20. The summed E-state index contributed by atoms with van der Waals surface area (Å²) >= 11 is 0. The van der Waals surface area contributed by atoms with Gasteiger partial charge in [-0.15, -0.1) is 0 Å². The summed E-state index contributed by atoms with van der Waals surface area (Å²) in [5.41, 5.74) is -7.57. The molecule has 2 heterocycles. The van der Waals surface area contributed by atoms with Gasteiger partial charge in [-0.2, -0.15) is 0 Å². The first-order chi connectivity index (χ1) is 53.9. The van der Waals surface area contributed by atoms with Crippen LogP contribution in [0.1, 0.15) is 380 Å². The molecule has 20 nitrogen and oxygen atoms in total. The van der Waals surface area contributed by atoms with Gasteiger partial charge in [0.05, 0.1) is 67.4 Å². The van der Waals surface area contributed by atoms with Gasteiger partial charge in [0.2, 0.25) is 6.10 Å². The lowest BCUT2D eigenvalue weighted by atomic mass is 9.50. The zero-order chi connectivity index (χ0) is 84.9. The molecule has 20 heteroatoms. The van der Waals surface area contributed by atoms with Crippen LogP contribution in [0.15, 0.2) is 0 Å².